The second-order valence-corrected chi connectivity index (χ2v) is 9.65. The first-order valence-corrected chi connectivity index (χ1v) is 11.7. The number of aromatic nitrogens is 1. The first-order chi connectivity index (χ1) is 15.7. The number of benzene rings is 2. The second-order valence-electron chi connectivity index (χ2n) is 9.38. The highest BCUT2D eigenvalue weighted by molar-refractivity contribution is 6.27. The minimum Gasteiger partial charge on any atom is -0.344 e. The van der Waals surface area contributed by atoms with Gasteiger partial charge in [-0.3, -0.25) is 4.79 Å². The standard InChI is InChI=1S/C27H31ClF2N2O/c1-5-13-32(25(33)16-28)26(27(2,3)4)24-14-20(22-15-21(29)11-12-23(22)30)18-31(24)17-19-9-7-6-8-10-19/h6-12,14-15,18,26H,5,13,16-17H2,1-4H3/t26-/m0/s1. The van der Waals surface area contributed by atoms with E-state index in [0.29, 0.717) is 18.7 Å². The van der Waals surface area contributed by atoms with Gasteiger partial charge in [-0.1, -0.05) is 58.0 Å². The van der Waals surface area contributed by atoms with E-state index < -0.39 is 11.6 Å². The third-order valence-corrected chi connectivity index (χ3v) is 5.91. The zero-order valence-corrected chi connectivity index (χ0v) is 20.4. The number of halogens is 3. The van der Waals surface area contributed by atoms with Crippen LogP contribution in [0, 0.1) is 17.0 Å². The van der Waals surface area contributed by atoms with E-state index in [1.807, 2.05) is 59.0 Å². The maximum Gasteiger partial charge on any atom is 0.238 e. The van der Waals surface area contributed by atoms with E-state index in [2.05, 4.69) is 20.8 Å². The lowest BCUT2D eigenvalue weighted by molar-refractivity contribution is -0.133. The molecule has 0 aliphatic rings. The Bertz CT molecular complexity index is 1090. The van der Waals surface area contributed by atoms with Crippen molar-refractivity contribution in [1.29, 1.82) is 0 Å². The molecule has 1 atom stereocenters. The fraction of sp³-hybridized carbons (Fsp3) is 0.370. The van der Waals surface area contributed by atoms with Gasteiger partial charge in [0, 0.05) is 36.1 Å². The summed E-state index contributed by atoms with van der Waals surface area (Å²) in [5, 5.41) is 0. The number of carbonyl (C=O) groups is 1. The Balaban J connectivity index is 2.22. The van der Waals surface area contributed by atoms with E-state index >= 15 is 0 Å². The molecule has 0 unspecified atom stereocenters. The van der Waals surface area contributed by atoms with Crippen molar-refractivity contribution in [2.75, 3.05) is 12.4 Å². The highest BCUT2D eigenvalue weighted by Crippen LogP contribution is 2.41. The fourth-order valence-corrected chi connectivity index (χ4v) is 4.48. The van der Waals surface area contributed by atoms with Crippen LogP contribution in [-0.4, -0.2) is 27.8 Å². The molecule has 0 N–H and O–H groups in total. The van der Waals surface area contributed by atoms with Gasteiger partial charge in [0.05, 0.1) is 6.04 Å². The average Bonchev–Trinajstić information content (AvgIpc) is 3.17. The minimum absolute atomic E-state index is 0.114. The lowest BCUT2D eigenvalue weighted by Gasteiger charge is -2.40. The predicted octanol–water partition coefficient (Wildman–Crippen LogP) is 7.05. The average molecular weight is 473 g/mol. The summed E-state index contributed by atoms with van der Waals surface area (Å²) in [7, 11) is 0. The number of amides is 1. The number of nitrogens with zero attached hydrogens (tertiary/aromatic N) is 2. The van der Waals surface area contributed by atoms with Crippen molar-refractivity contribution in [2.24, 2.45) is 5.41 Å². The van der Waals surface area contributed by atoms with E-state index in [4.69, 9.17) is 11.6 Å². The third kappa shape index (κ3) is 5.83. The molecule has 3 nitrogen and oxygen atoms in total. The summed E-state index contributed by atoms with van der Waals surface area (Å²) in [6.45, 7) is 9.32. The largest absolute Gasteiger partial charge is 0.344 e. The Labute approximate surface area is 200 Å². The van der Waals surface area contributed by atoms with Crippen LogP contribution in [0.15, 0.2) is 60.8 Å². The van der Waals surface area contributed by atoms with Crippen LogP contribution in [0.1, 0.15) is 51.4 Å². The van der Waals surface area contributed by atoms with E-state index in [0.717, 1.165) is 29.8 Å². The molecular formula is C27H31ClF2N2O. The van der Waals surface area contributed by atoms with Crippen molar-refractivity contribution in [3.8, 4) is 11.1 Å². The molecule has 6 heteroatoms. The van der Waals surface area contributed by atoms with Gasteiger partial charge < -0.3 is 9.47 Å². The molecule has 2 aromatic carbocycles. The van der Waals surface area contributed by atoms with Gasteiger partial charge in [0.25, 0.3) is 0 Å². The summed E-state index contributed by atoms with van der Waals surface area (Å²) < 4.78 is 30.7. The van der Waals surface area contributed by atoms with Crippen LogP contribution in [0.4, 0.5) is 8.78 Å². The van der Waals surface area contributed by atoms with Gasteiger partial charge >= 0.3 is 0 Å². The highest BCUT2D eigenvalue weighted by Gasteiger charge is 2.36. The van der Waals surface area contributed by atoms with E-state index in [9.17, 15) is 13.6 Å². The minimum atomic E-state index is -0.499. The lowest BCUT2D eigenvalue weighted by Crippen LogP contribution is -2.43. The van der Waals surface area contributed by atoms with Crippen molar-refractivity contribution in [2.45, 2.75) is 46.7 Å². The Kier molecular flexibility index (Phi) is 7.96. The van der Waals surface area contributed by atoms with Gasteiger partial charge in [0.2, 0.25) is 5.91 Å². The molecule has 0 aliphatic heterocycles. The van der Waals surface area contributed by atoms with Crippen molar-refractivity contribution in [3.63, 3.8) is 0 Å². The zero-order chi connectivity index (χ0) is 24.2. The van der Waals surface area contributed by atoms with Crippen molar-refractivity contribution in [3.05, 3.63) is 83.7 Å². The summed E-state index contributed by atoms with van der Waals surface area (Å²) in [6, 6.07) is 15.0. The van der Waals surface area contributed by atoms with Crippen molar-refractivity contribution >= 4 is 17.5 Å². The lowest BCUT2D eigenvalue weighted by atomic mass is 9.83. The van der Waals surface area contributed by atoms with Crippen LogP contribution < -0.4 is 0 Å². The summed E-state index contributed by atoms with van der Waals surface area (Å²) in [6.07, 6.45) is 2.62. The molecule has 33 heavy (non-hydrogen) atoms. The van der Waals surface area contributed by atoms with Crippen molar-refractivity contribution in [1.82, 2.24) is 9.47 Å². The van der Waals surface area contributed by atoms with Gasteiger partial charge in [0.15, 0.2) is 0 Å². The van der Waals surface area contributed by atoms with Crippen LogP contribution in [0.2, 0.25) is 0 Å². The summed E-state index contributed by atoms with van der Waals surface area (Å²) >= 11 is 5.98. The maximum absolute atomic E-state index is 14.7. The first kappa shape index (κ1) is 25.0. The molecule has 0 spiro atoms. The topological polar surface area (TPSA) is 25.2 Å². The molecule has 1 amide bonds. The van der Waals surface area contributed by atoms with Crippen LogP contribution in [0.25, 0.3) is 11.1 Å². The van der Waals surface area contributed by atoms with Gasteiger partial charge in [-0.15, -0.1) is 11.6 Å². The maximum atomic E-state index is 14.7. The van der Waals surface area contributed by atoms with Crippen LogP contribution in [-0.2, 0) is 11.3 Å². The molecule has 0 radical (unpaired) electrons. The van der Waals surface area contributed by atoms with Crippen LogP contribution >= 0.6 is 11.6 Å². The Morgan fingerprint density at radius 1 is 1.09 bits per heavy atom. The van der Waals surface area contributed by atoms with Crippen LogP contribution in [0.3, 0.4) is 0 Å². The number of hydrogen-bond acceptors (Lipinski definition) is 1. The summed E-state index contributed by atoms with van der Waals surface area (Å²) in [5.74, 6) is -1.25. The zero-order valence-electron chi connectivity index (χ0n) is 19.6. The number of carbonyl (C=O) groups excluding carboxylic acids is 1. The van der Waals surface area contributed by atoms with E-state index in [1.54, 1.807) is 0 Å². The second kappa shape index (κ2) is 10.5. The van der Waals surface area contributed by atoms with Crippen LogP contribution in [0.5, 0.6) is 0 Å². The molecule has 176 valence electrons. The predicted molar refractivity (Wildman–Crippen MR) is 130 cm³/mol. The van der Waals surface area contributed by atoms with E-state index in [-0.39, 0.29) is 28.8 Å². The fourth-order valence-electron chi connectivity index (χ4n) is 4.33. The van der Waals surface area contributed by atoms with Crippen molar-refractivity contribution < 1.29 is 13.6 Å². The monoisotopic (exact) mass is 472 g/mol. The molecule has 1 aromatic heterocycles. The Morgan fingerprint density at radius 3 is 2.39 bits per heavy atom. The van der Waals surface area contributed by atoms with Gasteiger partial charge in [0.1, 0.15) is 17.5 Å². The number of alkyl halides is 1. The first-order valence-electron chi connectivity index (χ1n) is 11.2. The summed E-state index contributed by atoms with van der Waals surface area (Å²) in [4.78, 5) is 14.7. The molecule has 0 aliphatic carbocycles. The van der Waals surface area contributed by atoms with Gasteiger partial charge in [-0.2, -0.15) is 0 Å². The molecule has 3 aromatic rings. The molecule has 0 saturated carbocycles. The molecular weight excluding hydrogens is 442 g/mol. The smallest absolute Gasteiger partial charge is 0.238 e. The van der Waals surface area contributed by atoms with E-state index in [1.165, 1.54) is 6.07 Å². The van der Waals surface area contributed by atoms with Gasteiger partial charge in [-0.25, -0.2) is 8.78 Å². The number of rotatable bonds is 8. The Morgan fingerprint density at radius 2 is 1.79 bits per heavy atom. The van der Waals surface area contributed by atoms with Gasteiger partial charge in [-0.05, 0) is 41.7 Å². The SMILES string of the molecule is CCCN(C(=O)CCl)[C@@H](c1cc(-c2cc(F)ccc2F)cn1Cc1ccccc1)C(C)(C)C. The highest BCUT2D eigenvalue weighted by atomic mass is 35.5. The Hall–Kier alpha value is -2.66. The molecule has 1 heterocycles. The number of hydrogen-bond donors (Lipinski definition) is 0. The molecule has 0 bridgehead atoms. The third-order valence-electron chi connectivity index (χ3n) is 5.68. The molecule has 0 fully saturated rings. The molecule has 3 rings (SSSR count). The normalized spacial score (nSPS) is 12.6. The quantitative estimate of drug-likeness (QED) is 0.322. The summed E-state index contributed by atoms with van der Waals surface area (Å²) in [5.41, 5.74) is 2.36. The molecule has 0 saturated heterocycles.